The molecule has 1 rings (SSSR count). The van der Waals surface area contributed by atoms with Crippen molar-refractivity contribution in [2.24, 2.45) is 0 Å². The highest BCUT2D eigenvalue weighted by Crippen LogP contribution is 2.07. The molecule has 0 aromatic heterocycles. The number of hydrogen-bond donors (Lipinski definition) is 1. The van der Waals surface area contributed by atoms with E-state index in [0.29, 0.717) is 5.75 Å². The summed E-state index contributed by atoms with van der Waals surface area (Å²) in [6.07, 6.45) is 0.264. The molecule has 14 heavy (non-hydrogen) atoms. The van der Waals surface area contributed by atoms with Crippen LogP contribution in [0.4, 0.5) is 0 Å². The number of carbonyl (C=O) groups excluding carboxylic acids is 2. The molecule has 1 aromatic rings. The normalized spacial score (nSPS) is 8.86. The number of rotatable bonds is 5. The van der Waals surface area contributed by atoms with E-state index in [1.54, 1.807) is 29.7 Å². The Morgan fingerprint density at radius 2 is 2.07 bits per heavy atom. The summed E-state index contributed by atoms with van der Waals surface area (Å²) in [6, 6.07) is 8.81. The third kappa shape index (κ3) is 3.57. The second kappa shape index (κ2) is 5.58. The summed E-state index contributed by atoms with van der Waals surface area (Å²) in [5.74, 6) is -0.100. The molecule has 1 aromatic carbocycles. The van der Waals surface area contributed by atoms with Gasteiger partial charge < -0.3 is 9.57 Å². The number of para-hydroxylation sites is 1. The summed E-state index contributed by atoms with van der Waals surface area (Å²) in [5.41, 5.74) is 1.77. The molecule has 0 atom stereocenters. The van der Waals surface area contributed by atoms with Crippen molar-refractivity contribution in [1.82, 2.24) is 5.48 Å². The van der Waals surface area contributed by atoms with Crippen molar-refractivity contribution >= 4 is 12.4 Å². The molecule has 0 unspecified atom stereocenters. The lowest BCUT2D eigenvalue weighted by atomic mass is 10.3. The van der Waals surface area contributed by atoms with Crippen LogP contribution in [0.2, 0.25) is 0 Å². The molecule has 0 fully saturated rings. The van der Waals surface area contributed by atoms with E-state index in [-0.39, 0.29) is 13.0 Å². The monoisotopic (exact) mass is 195 g/mol. The predicted octanol–water partition coefficient (Wildman–Crippen LogP) is 0.270. The first-order valence-electron chi connectivity index (χ1n) is 3.89. The van der Waals surface area contributed by atoms with Crippen LogP contribution < -0.4 is 10.2 Å². The quantitative estimate of drug-likeness (QED) is 0.541. The van der Waals surface area contributed by atoms with Crippen molar-refractivity contribution < 1.29 is 19.2 Å². The van der Waals surface area contributed by atoms with E-state index >= 15 is 0 Å². The zero-order valence-electron chi connectivity index (χ0n) is 7.30. The van der Waals surface area contributed by atoms with Gasteiger partial charge in [-0.15, -0.1) is 0 Å². The topological polar surface area (TPSA) is 64.6 Å². The Hall–Kier alpha value is -2.04. The molecular formula is C9H9NO4. The first kappa shape index (κ1) is 10.0. The Kier molecular flexibility index (Phi) is 4.00. The van der Waals surface area contributed by atoms with E-state index in [2.05, 4.69) is 4.84 Å². The lowest BCUT2D eigenvalue weighted by Crippen LogP contribution is -2.23. The van der Waals surface area contributed by atoms with Crippen molar-refractivity contribution in [2.75, 3.05) is 6.61 Å². The molecule has 1 N–H and O–H groups in total. The molecule has 0 spiro atoms. The second-order valence-electron chi connectivity index (χ2n) is 2.31. The minimum atomic E-state index is -0.666. The SMILES string of the molecule is O=CNOC(=O)COc1ccccc1. The Morgan fingerprint density at radius 3 is 2.71 bits per heavy atom. The summed E-state index contributed by atoms with van der Waals surface area (Å²) >= 11 is 0. The van der Waals surface area contributed by atoms with E-state index in [1.807, 2.05) is 6.07 Å². The average Bonchev–Trinajstić information content (AvgIpc) is 2.25. The molecule has 0 saturated carbocycles. The van der Waals surface area contributed by atoms with Gasteiger partial charge in [0.15, 0.2) is 6.61 Å². The summed E-state index contributed by atoms with van der Waals surface area (Å²) < 4.78 is 5.03. The van der Waals surface area contributed by atoms with E-state index in [1.165, 1.54) is 0 Å². The van der Waals surface area contributed by atoms with Crippen molar-refractivity contribution in [2.45, 2.75) is 0 Å². The van der Waals surface area contributed by atoms with E-state index in [0.717, 1.165) is 0 Å². The molecule has 0 heterocycles. The van der Waals surface area contributed by atoms with Gasteiger partial charge in [-0.3, -0.25) is 4.79 Å². The summed E-state index contributed by atoms with van der Waals surface area (Å²) in [6.45, 7) is -0.245. The number of carbonyl (C=O) groups is 2. The Labute approximate surface area is 80.6 Å². The van der Waals surface area contributed by atoms with Crippen molar-refractivity contribution in [3.05, 3.63) is 30.3 Å². The second-order valence-corrected chi connectivity index (χ2v) is 2.31. The van der Waals surface area contributed by atoms with Crippen LogP contribution in [0.3, 0.4) is 0 Å². The number of ether oxygens (including phenoxy) is 1. The van der Waals surface area contributed by atoms with E-state index in [4.69, 9.17) is 4.74 Å². The standard InChI is InChI=1S/C9H9NO4/c11-7-10-14-9(12)6-13-8-4-2-1-3-5-8/h1-5,7H,6H2,(H,10,11). The predicted molar refractivity (Wildman–Crippen MR) is 47.2 cm³/mol. The van der Waals surface area contributed by atoms with E-state index in [9.17, 15) is 9.59 Å². The van der Waals surface area contributed by atoms with Crippen molar-refractivity contribution in [3.8, 4) is 5.75 Å². The molecule has 0 aliphatic rings. The molecule has 1 amide bonds. The molecule has 0 saturated heterocycles. The summed E-state index contributed by atoms with van der Waals surface area (Å²) in [7, 11) is 0. The van der Waals surface area contributed by atoms with Crippen molar-refractivity contribution in [1.29, 1.82) is 0 Å². The number of amides is 1. The summed E-state index contributed by atoms with van der Waals surface area (Å²) in [5, 5.41) is 0. The van der Waals surface area contributed by atoms with Gasteiger partial charge in [-0.1, -0.05) is 18.2 Å². The van der Waals surface area contributed by atoms with Crippen LogP contribution in [-0.2, 0) is 14.4 Å². The van der Waals surface area contributed by atoms with Gasteiger partial charge in [0, 0.05) is 0 Å². The first-order chi connectivity index (χ1) is 6.83. The van der Waals surface area contributed by atoms with Gasteiger partial charge in [0.25, 0.3) is 0 Å². The van der Waals surface area contributed by atoms with Crippen LogP contribution in [0.1, 0.15) is 0 Å². The van der Waals surface area contributed by atoms with Gasteiger partial charge in [0.2, 0.25) is 6.41 Å². The summed E-state index contributed by atoms with van der Waals surface area (Å²) in [4.78, 5) is 24.8. The number of benzene rings is 1. The molecule has 5 nitrogen and oxygen atoms in total. The van der Waals surface area contributed by atoms with E-state index < -0.39 is 5.97 Å². The Morgan fingerprint density at radius 1 is 1.36 bits per heavy atom. The van der Waals surface area contributed by atoms with Gasteiger partial charge >= 0.3 is 5.97 Å². The van der Waals surface area contributed by atoms with Crippen LogP contribution in [0, 0.1) is 0 Å². The van der Waals surface area contributed by atoms with Gasteiger partial charge in [-0.05, 0) is 12.1 Å². The molecule has 5 heteroatoms. The van der Waals surface area contributed by atoms with Crippen LogP contribution in [0.25, 0.3) is 0 Å². The Bertz CT molecular complexity index is 299. The van der Waals surface area contributed by atoms with Gasteiger partial charge in [0.1, 0.15) is 5.75 Å². The zero-order chi connectivity index (χ0) is 10.2. The van der Waals surface area contributed by atoms with Crippen LogP contribution >= 0.6 is 0 Å². The largest absolute Gasteiger partial charge is 0.482 e. The maximum absolute atomic E-state index is 10.8. The molecule has 0 aliphatic heterocycles. The fourth-order valence-electron chi connectivity index (χ4n) is 0.778. The molecular weight excluding hydrogens is 186 g/mol. The van der Waals surface area contributed by atoms with Gasteiger partial charge in [-0.2, -0.15) is 5.48 Å². The third-order valence-corrected chi connectivity index (χ3v) is 1.32. The molecule has 74 valence electrons. The lowest BCUT2D eigenvalue weighted by molar-refractivity contribution is -0.156. The highest BCUT2D eigenvalue weighted by molar-refractivity contribution is 5.71. The molecule has 0 aliphatic carbocycles. The van der Waals surface area contributed by atoms with Crippen LogP contribution in [0.5, 0.6) is 5.75 Å². The maximum Gasteiger partial charge on any atom is 0.369 e. The fourth-order valence-corrected chi connectivity index (χ4v) is 0.778. The number of hydroxylamine groups is 1. The minimum absolute atomic E-state index is 0.245. The molecule has 0 bridgehead atoms. The smallest absolute Gasteiger partial charge is 0.369 e. The van der Waals surface area contributed by atoms with Crippen LogP contribution in [0.15, 0.2) is 30.3 Å². The highest BCUT2D eigenvalue weighted by atomic mass is 16.7. The zero-order valence-corrected chi connectivity index (χ0v) is 7.30. The first-order valence-corrected chi connectivity index (χ1v) is 3.89. The lowest BCUT2D eigenvalue weighted by Gasteiger charge is -2.04. The third-order valence-electron chi connectivity index (χ3n) is 1.32. The number of hydrogen-bond acceptors (Lipinski definition) is 4. The van der Waals surface area contributed by atoms with Gasteiger partial charge in [0.05, 0.1) is 0 Å². The molecule has 0 radical (unpaired) electrons. The van der Waals surface area contributed by atoms with Crippen LogP contribution in [-0.4, -0.2) is 19.0 Å². The minimum Gasteiger partial charge on any atom is -0.482 e. The average molecular weight is 195 g/mol. The van der Waals surface area contributed by atoms with Crippen molar-refractivity contribution in [3.63, 3.8) is 0 Å². The van der Waals surface area contributed by atoms with Gasteiger partial charge in [-0.25, -0.2) is 4.79 Å². The number of nitrogens with one attached hydrogen (secondary N) is 1. The maximum atomic E-state index is 10.8. The fraction of sp³-hybridized carbons (Fsp3) is 0.111. The Balaban J connectivity index is 2.27. The highest BCUT2D eigenvalue weighted by Gasteiger charge is 2.02.